The van der Waals surface area contributed by atoms with Crippen molar-refractivity contribution in [2.75, 3.05) is 6.54 Å². The second kappa shape index (κ2) is 3.71. The predicted octanol–water partition coefficient (Wildman–Crippen LogP) is 1.86. The van der Waals surface area contributed by atoms with E-state index in [9.17, 15) is 5.11 Å². The lowest BCUT2D eigenvalue weighted by molar-refractivity contribution is 0.0132. The molecule has 1 fully saturated rings. The molecule has 0 aliphatic carbocycles. The zero-order valence-electron chi connectivity index (χ0n) is 8.53. The van der Waals surface area contributed by atoms with Crippen LogP contribution in [0.25, 0.3) is 0 Å². The second-order valence-corrected chi connectivity index (χ2v) is 4.37. The van der Waals surface area contributed by atoms with Crippen LogP contribution in [0.1, 0.15) is 31.4 Å². The van der Waals surface area contributed by atoms with Crippen molar-refractivity contribution in [2.45, 2.75) is 31.4 Å². The van der Waals surface area contributed by atoms with Gasteiger partial charge in [0.2, 0.25) is 0 Å². The molecule has 2 N–H and O–H groups in total. The van der Waals surface area contributed by atoms with E-state index in [4.69, 9.17) is 0 Å². The fourth-order valence-electron chi connectivity index (χ4n) is 2.05. The summed E-state index contributed by atoms with van der Waals surface area (Å²) in [4.78, 5) is 0. The topological polar surface area (TPSA) is 32.3 Å². The van der Waals surface area contributed by atoms with Crippen LogP contribution in [0.3, 0.4) is 0 Å². The predicted molar refractivity (Wildman–Crippen MR) is 57.0 cm³/mol. The molecule has 1 heterocycles. The molecular formula is C12H17NO. The summed E-state index contributed by atoms with van der Waals surface area (Å²) >= 11 is 0. The smallest absolute Gasteiger partial charge is 0.0650 e. The van der Waals surface area contributed by atoms with Crippen LogP contribution < -0.4 is 5.32 Å². The average molecular weight is 191 g/mol. The van der Waals surface area contributed by atoms with Crippen LogP contribution in [0.4, 0.5) is 0 Å². The fraction of sp³-hybridized carbons (Fsp3) is 0.500. The maximum Gasteiger partial charge on any atom is 0.0650 e. The van der Waals surface area contributed by atoms with E-state index in [-0.39, 0.29) is 0 Å². The molecular weight excluding hydrogens is 174 g/mol. The zero-order chi connectivity index (χ0) is 10.0. The Morgan fingerprint density at radius 1 is 1.36 bits per heavy atom. The standard InChI is InChI=1S/C12H17NO/c1-12(14)7-8-13-11(9-12)10-5-3-2-4-6-10/h2-6,11,13-14H,7-9H2,1H3. The van der Waals surface area contributed by atoms with Gasteiger partial charge in [-0.1, -0.05) is 30.3 Å². The molecule has 0 bridgehead atoms. The van der Waals surface area contributed by atoms with Crippen LogP contribution in [0.15, 0.2) is 30.3 Å². The van der Waals surface area contributed by atoms with E-state index in [1.807, 2.05) is 25.1 Å². The maximum atomic E-state index is 9.97. The number of aliphatic hydroxyl groups is 1. The molecule has 0 saturated carbocycles. The quantitative estimate of drug-likeness (QED) is 0.710. The third-order valence-corrected chi connectivity index (χ3v) is 2.90. The number of hydrogen-bond acceptors (Lipinski definition) is 2. The highest BCUT2D eigenvalue weighted by atomic mass is 16.3. The van der Waals surface area contributed by atoms with Gasteiger partial charge in [-0.25, -0.2) is 0 Å². The minimum absolute atomic E-state index is 0.306. The fourth-order valence-corrected chi connectivity index (χ4v) is 2.05. The van der Waals surface area contributed by atoms with E-state index >= 15 is 0 Å². The Hall–Kier alpha value is -0.860. The largest absolute Gasteiger partial charge is 0.390 e. The molecule has 1 aliphatic heterocycles. The van der Waals surface area contributed by atoms with Gasteiger partial charge < -0.3 is 10.4 Å². The first-order chi connectivity index (χ1) is 6.67. The monoisotopic (exact) mass is 191 g/mol. The van der Waals surface area contributed by atoms with Gasteiger partial charge in [0, 0.05) is 6.04 Å². The highest BCUT2D eigenvalue weighted by Crippen LogP contribution is 2.29. The van der Waals surface area contributed by atoms with E-state index in [1.54, 1.807) is 0 Å². The van der Waals surface area contributed by atoms with Crippen LogP contribution in [0.2, 0.25) is 0 Å². The van der Waals surface area contributed by atoms with Gasteiger partial charge >= 0.3 is 0 Å². The molecule has 1 aliphatic rings. The van der Waals surface area contributed by atoms with Crippen molar-refractivity contribution in [3.05, 3.63) is 35.9 Å². The maximum absolute atomic E-state index is 9.97. The molecule has 2 rings (SSSR count). The molecule has 0 amide bonds. The first-order valence-corrected chi connectivity index (χ1v) is 5.18. The number of piperidine rings is 1. The Morgan fingerprint density at radius 3 is 2.71 bits per heavy atom. The zero-order valence-corrected chi connectivity index (χ0v) is 8.53. The molecule has 2 unspecified atom stereocenters. The molecule has 1 saturated heterocycles. The summed E-state index contributed by atoms with van der Waals surface area (Å²) in [6.45, 7) is 2.82. The molecule has 76 valence electrons. The summed E-state index contributed by atoms with van der Waals surface area (Å²) in [5, 5.41) is 13.4. The summed E-state index contributed by atoms with van der Waals surface area (Å²) < 4.78 is 0. The van der Waals surface area contributed by atoms with Crippen LogP contribution in [0, 0.1) is 0 Å². The molecule has 14 heavy (non-hydrogen) atoms. The van der Waals surface area contributed by atoms with E-state index in [1.165, 1.54) is 5.56 Å². The number of benzene rings is 1. The molecule has 0 spiro atoms. The molecule has 1 aromatic carbocycles. The molecule has 2 atom stereocenters. The summed E-state index contributed by atoms with van der Waals surface area (Å²) in [5.41, 5.74) is 0.763. The van der Waals surface area contributed by atoms with Gasteiger partial charge in [-0.15, -0.1) is 0 Å². The minimum atomic E-state index is -0.508. The second-order valence-electron chi connectivity index (χ2n) is 4.37. The minimum Gasteiger partial charge on any atom is -0.390 e. The molecule has 0 radical (unpaired) electrons. The van der Waals surface area contributed by atoms with Crippen molar-refractivity contribution in [2.24, 2.45) is 0 Å². The van der Waals surface area contributed by atoms with Crippen LogP contribution >= 0.6 is 0 Å². The van der Waals surface area contributed by atoms with Crippen LogP contribution in [0.5, 0.6) is 0 Å². The van der Waals surface area contributed by atoms with Gasteiger partial charge in [0.25, 0.3) is 0 Å². The lowest BCUT2D eigenvalue weighted by Crippen LogP contribution is -2.41. The van der Waals surface area contributed by atoms with Gasteiger partial charge in [0.1, 0.15) is 0 Å². The first-order valence-electron chi connectivity index (χ1n) is 5.18. The number of nitrogens with one attached hydrogen (secondary N) is 1. The average Bonchev–Trinajstić information content (AvgIpc) is 2.18. The van der Waals surface area contributed by atoms with Crippen molar-refractivity contribution < 1.29 is 5.11 Å². The van der Waals surface area contributed by atoms with E-state index in [0.717, 1.165) is 19.4 Å². The summed E-state index contributed by atoms with van der Waals surface area (Å²) in [7, 11) is 0. The van der Waals surface area contributed by atoms with E-state index in [0.29, 0.717) is 6.04 Å². The van der Waals surface area contributed by atoms with Gasteiger partial charge in [0.15, 0.2) is 0 Å². The number of hydrogen-bond donors (Lipinski definition) is 2. The van der Waals surface area contributed by atoms with Crippen molar-refractivity contribution in [1.29, 1.82) is 0 Å². The summed E-state index contributed by atoms with van der Waals surface area (Å²) in [6.07, 6.45) is 1.65. The molecule has 0 aromatic heterocycles. The van der Waals surface area contributed by atoms with E-state index < -0.39 is 5.60 Å². The summed E-state index contributed by atoms with van der Waals surface area (Å²) in [6, 6.07) is 10.6. The lowest BCUT2D eigenvalue weighted by Gasteiger charge is -2.35. The normalized spacial score (nSPS) is 32.9. The van der Waals surface area contributed by atoms with Gasteiger partial charge in [-0.05, 0) is 31.9 Å². The van der Waals surface area contributed by atoms with Crippen LogP contribution in [-0.4, -0.2) is 17.3 Å². The van der Waals surface area contributed by atoms with Gasteiger partial charge in [-0.3, -0.25) is 0 Å². The highest BCUT2D eigenvalue weighted by Gasteiger charge is 2.29. The molecule has 1 aromatic rings. The molecule has 2 heteroatoms. The Bertz CT molecular complexity index is 294. The van der Waals surface area contributed by atoms with Crippen molar-refractivity contribution >= 4 is 0 Å². The molecule has 2 nitrogen and oxygen atoms in total. The Morgan fingerprint density at radius 2 is 2.07 bits per heavy atom. The SMILES string of the molecule is CC1(O)CCNC(c2ccccc2)C1. The lowest BCUT2D eigenvalue weighted by atomic mass is 9.86. The third kappa shape index (κ3) is 2.14. The van der Waals surface area contributed by atoms with Crippen molar-refractivity contribution in [3.8, 4) is 0 Å². The Labute approximate surface area is 85.0 Å². The third-order valence-electron chi connectivity index (χ3n) is 2.90. The summed E-state index contributed by atoms with van der Waals surface area (Å²) in [5.74, 6) is 0. The van der Waals surface area contributed by atoms with Gasteiger partial charge in [0.05, 0.1) is 5.60 Å². The highest BCUT2D eigenvalue weighted by molar-refractivity contribution is 5.20. The Kier molecular flexibility index (Phi) is 2.57. The van der Waals surface area contributed by atoms with Crippen molar-refractivity contribution in [3.63, 3.8) is 0 Å². The Balaban J connectivity index is 2.12. The van der Waals surface area contributed by atoms with E-state index in [2.05, 4.69) is 17.4 Å². The van der Waals surface area contributed by atoms with Crippen molar-refractivity contribution in [1.82, 2.24) is 5.32 Å². The van der Waals surface area contributed by atoms with Crippen LogP contribution in [-0.2, 0) is 0 Å². The first kappa shape index (κ1) is 9.69. The number of rotatable bonds is 1. The van der Waals surface area contributed by atoms with Gasteiger partial charge in [-0.2, -0.15) is 0 Å².